The molecule has 2 unspecified atom stereocenters. The molecule has 2 atom stereocenters. The quantitative estimate of drug-likeness (QED) is 0.785. The van der Waals surface area contributed by atoms with Gasteiger partial charge in [-0.05, 0) is 36.0 Å². The molecular formula is C16H23NO. The van der Waals surface area contributed by atoms with Crippen molar-refractivity contribution in [2.24, 2.45) is 5.92 Å². The fourth-order valence-corrected chi connectivity index (χ4v) is 2.41. The monoisotopic (exact) mass is 245 g/mol. The van der Waals surface area contributed by atoms with E-state index in [2.05, 4.69) is 24.2 Å². The predicted octanol–water partition coefficient (Wildman–Crippen LogP) is 2.74. The minimum atomic E-state index is 0.422. The molecule has 2 N–H and O–H groups in total. The van der Waals surface area contributed by atoms with Crippen LogP contribution < -0.4 is 5.32 Å². The van der Waals surface area contributed by atoms with E-state index in [-0.39, 0.29) is 0 Å². The molecule has 0 aromatic heterocycles. The van der Waals surface area contributed by atoms with Crippen LogP contribution in [0.4, 0.5) is 0 Å². The summed E-state index contributed by atoms with van der Waals surface area (Å²) in [5, 5.41) is 13.1. The Labute approximate surface area is 110 Å². The van der Waals surface area contributed by atoms with Crippen LogP contribution in [-0.2, 0) is 12.8 Å². The van der Waals surface area contributed by atoms with Crippen LogP contribution in [0.15, 0.2) is 18.2 Å². The van der Waals surface area contributed by atoms with Crippen LogP contribution in [0.2, 0.25) is 0 Å². The Morgan fingerprint density at radius 3 is 2.78 bits per heavy atom. The summed E-state index contributed by atoms with van der Waals surface area (Å²) in [6, 6.07) is 6.18. The van der Waals surface area contributed by atoms with Crippen molar-refractivity contribution >= 4 is 0 Å². The van der Waals surface area contributed by atoms with Crippen LogP contribution in [0.5, 0.6) is 5.75 Å². The average molecular weight is 245 g/mol. The summed E-state index contributed by atoms with van der Waals surface area (Å²) in [6.07, 6.45) is 7.13. The number of hydrogen-bond acceptors (Lipinski definition) is 2. The van der Waals surface area contributed by atoms with Gasteiger partial charge in [-0.25, -0.2) is 0 Å². The lowest BCUT2D eigenvalue weighted by molar-refractivity contribution is 0.356. The van der Waals surface area contributed by atoms with Crippen molar-refractivity contribution in [1.82, 2.24) is 5.32 Å². The van der Waals surface area contributed by atoms with Gasteiger partial charge in [0.25, 0.3) is 0 Å². The second-order valence-corrected chi connectivity index (χ2v) is 4.49. The first kappa shape index (κ1) is 14.6. The van der Waals surface area contributed by atoms with E-state index in [1.165, 1.54) is 5.56 Å². The minimum absolute atomic E-state index is 0.422. The Balaban J connectivity index is 0.000000771. The highest BCUT2D eigenvalue weighted by atomic mass is 16.3. The van der Waals surface area contributed by atoms with E-state index >= 15 is 0 Å². The number of phenolic OH excluding ortho intramolecular Hbond substituents is 1. The minimum Gasteiger partial charge on any atom is -0.508 e. The highest BCUT2D eigenvalue weighted by Crippen LogP contribution is 2.31. The third kappa shape index (κ3) is 3.27. The molecule has 0 radical (unpaired) electrons. The first-order valence-electron chi connectivity index (χ1n) is 6.69. The number of hydrogen-bond donors (Lipinski definition) is 2. The molecule has 2 nitrogen and oxygen atoms in total. The van der Waals surface area contributed by atoms with Gasteiger partial charge >= 0.3 is 0 Å². The summed E-state index contributed by atoms with van der Waals surface area (Å²) in [5.41, 5.74) is 2.35. The maximum Gasteiger partial charge on any atom is 0.119 e. The first-order valence-corrected chi connectivity index (χ1v) is 6.69. The summed E-state index contributed by atoms with van der Waals surface area (Å²) >= 11 is 0. The summed E-state index contributed by atoms with van der Waals surface area (Å²) in [5.74, 6) is 3.55. The molecule has 1 aliphatic carbocycles. The Kier molecular flexibility index (Phi) is 5.74. The van der Waals surface area contributed by atoms with Gasteiger partial charge in [-0.15, -0.1) is 6.42 Å². The van der Waals surface area contributed by atoms with Crippen LogP contribution in [0, 0.1) is 18.3 Å². The molecule has 2 rings (SSSR count). The lowest BCUT2D eigenvalue weighted by Crippen LogP contribution is -2.40. The molecule has 0 saturated carbocycles. The van der Waals surface area contributed by atoms with Gasteiger partial charge in [0.1, 0.15) is 5.75 Å². The van der Waals surface area contributed by atoms with Gasteiger partial charge in [0.2, 0.25) is 0 Å². The highest BCUT2D eigenvalue weighted by molar-refractivity contribution is 5.41. The van der Waals surface area contributed by atoms with Crippen LogP contribution >= 0.6 is 0 Å². The van der Waals surface area contributed by atoms with Crippen molar-refractivity contribution in [2.45, 2.75) is 39.7 Å². The summed E-state index contributed by atoms with van der Waals surface area (Å²) in [4.78, 5) is 0. The molecule has 0 heterocycles. The smallest absolute Gasteiger partial charge is 0.119 e. The van der Waals surface area contributed by atoms with E-state index in [1.54, 1.807) is 6.07 Å². The molecule has 0 aliphatic heterocycles. The SMILES string of the molecule is C#CCNC1Cc2cccc(O)c2CC1C.CC. The third-order valence-electron chi connectivity index (χ3n) is 3.37. The molecule has 0 saturated heterocycles. The number of phenols is 1. The molecule has 98 valence electrons. The predicted molar refractivity (Wildman–Crippen MR) is 76.7 cm³/mol. The summed E-state index contributed by atoms with van der Waals surface area (Å²) in [6.45, 7) is 6.81. The molecule has 0 fully saturated rings. The molecule has 1 aliphatic rings. The highest BCUT2D eigenvalue weighted by Gasteiger charge is 2.26. The maximum atomic E-state index is 9.78. The van der Waals surface area contributed by atoms with Crippen LogP contribution in [0.25, 0.3) is 0 Å². The summed E-state index contributed by atoms with van der Waals surface area (Å²) < 4.78 is 0. The fourth-order valence-electron chi connectivity index (χ4n) is 2.41. The van der Waals surface area contributed by atoms with Gasteiger partial charge in [0.15, 0.2) is 0 Å². The van der Waals surface area contributed by atoms with E-state index in [0.717, 1.165) is 18.4 Å². The number of nitrogens with one attached hydrogen (secondary N) is 1. The van der Waals surface area contributed by atoms with Crippen molar-refractivity contribution in [1.29, 1.82) is 0 Å². The van der Waals surface area contributed by atoms with Crippen LogP contribution in [-0.4, -0.2) is 17.7 Å². The molecule has 0 spiro atoms. The van der Waals surface area contributed by atoms with Crippen molar-refractivity contribution in [2.75, 3.05) is 6.54 Å². The zero-order valence-corrected chi connectivity index (χ0v) is 11.5. The average Bonchev–Trinajstić information content (AvgIpc) is 2.40. The number of fused-ring (bicyclic) bond motifs is 1. The molecule has 0 bridgehead atoms. The second-order valence-electron chi connectivity index (χ2n) is 4.49. The Morgan fingerprint density at radius 2 is 2.11 bits per heavy atom. The Hall–Kier alpha value is -1.46. The number of rotatable bonds is 2. The van der Waals surface area contributed by atoms with E-state index < -0.39 is 0 Å². The van der Waals surface area contributed by atoms with Gasteiger partial charge in [0, 0.05) is 6.04 Å². The van der Waals surface area contributed by atoms with Crippen molar-refractivity contribution < 1.29 is 5.11 Å². The van der Waals surface area contributed by atoms with Crippen molar-refractivity contribution in [3.8, 4) is 18.1 Å². The molecule has 1 aromatic carbocycles. The largest absolute Gasteiger partial charge is 0.508 e. The molecule has 2 heteroatoms. The van der Waals surface area contributed by atoms with Gasteiger partial charge in [0.05, 0.1) is 6.54 Å². The van der Waals surface area contributed by atoms with Gasteiger partial charge in [-0.1, -0.05) is 38.8 Å². The maximum absolute atomic E-state index is 9.78. The van der Waals surface area contributed by atoms with Crippen LogP contribution in [0.3, 0.4) is 0 Å². The standard InChI is InChI=1S/C14H17NO.C2H6/c1-3-7-15-13-9-11-5-4-6-14(16)12(11)8-10(13)2;1-2/h1,4-6,10,13,15-16H,7-9H2,2H3;1-2H3. The van der Waals surface area contributed by atoms with Crippen molar-refractivity contribution in [3.63, 3.8) is 0 Å². The number of terminal acetylenes is 1. The topological polar surface area (TPSA) is 32.3 Å². The Morgan fingerprint density at radius 1 is 1.39 bits per heavy atom. The van der Waals surface area contributed by atoms with E-state index in [0.29, 0.717) is 24.3 Å². The van der Waals surface area contributed by atoms with Gasteiger partial charge in [-0.3, -0.25) is 0 Å². The van der Waals surface area contributed by atoms with E-state index in [1.807, 2.05) is 19.9 Å². The van der Waals surface area contributed by atoms with Crippen molar-refractivity contribution in [3.05, 3.63) is 29.3 Å². The van der Waals surface area contributed by atoms with Crippen LogP contribution in [0.1, 0.15) is 31.9 Å². The molecule has 18 heavy (non-hydrogen) atoms. The first-order chi connectivity index (χ1) is 8.72. The van der Waals surface area contributed by atoms with Gasteiger partial charge < -0.3 is 10.4 Å². The molecule has 1 aromatic rings. The van der Waals surface area contributed by atoms with Gasteiger partial charge in [-0.2, -0.15) is 0 Å². The molecule has 0 amide bonds. The van der Waals surface area contributed by atoms with E-state index in [4.69, 9.17) is 6.42 Å². The zero-order chi connectivity index (χ0) is 13.5. The molecular weight excluding hydrogens is 222 g/mol. The number of aromatic hydroxyl groups is 1. The lowest BCUT2D eigenvalue weighted by atomic mass is 9.81. The Bertz CT molecular complexity index is 420. The van der Waals surface area contributed by atoms with E-state index in [9.17, 15) is 5.11 Å². The summed E-state index contributed by atoms with van der Waals surface area (Å²) in [7, 11) is 0. The second kappa shape index (κ2) is 7.08. The number of benzene rings is 1. The third-order valence-corrected chi connectivity index (χ3v) is 3.37. The fraction of sp³-hybridized carbons (Fsp3) is 0.500. The zero-order valence-electron chi connectivity index (χ0n) is 11.5. The normalized spacial score (nSPS) is 21.2. The lowest BCUT2D eigenvalue weighted by Gasteiger charge is -2.31.